The number of carbonyl (C=O) groups excluding carboxylic acids is 1. The summed E-state index contributed by atoms with van der Waals surface area (Å²) in [5, 5.41) is 3.36. The van der Waals surface area contributed by atoms with Crippen molar-refractivity contribution < 1.29 is 9.18 Å². The molecule has 0 unspecified atom stereocenters. The first-order valence-corrected chi connectivity index (χ1v) is 8.37. The van der Waals surface area contributed by atoms with Crippen molar-refractivity contribution in [1.82, 2.24) is 15.3 Å². The zero-order valence-corrected chi connectivity index (χ0v) is 15.2. The lowest BCUT2D eigenvalue weighted by atomic mass is 10.0. The van der Waals surface area contributed by atoms with E-state index in [0.717, 1.165) is 11.3 Å². The second-order valence-electron chi connectivity index (χ2n) is 5.73. The largest absolute Gasteiger partial charge is 0.370 e. The van der Waals surface area contributed by atoms with Crippen molar-refractivity contribution in [2.24, 2.45) is 16.5 Å². The van der Waals surface area contributed by atoms with E-state index in [1.54, 1.807) is 26.1 Å². The normalized spacial score (nSPS) is 12.7. The molecule has 0 bridgehead atoms. The minimum absolute atomic E-state index is 0.0612. The molecule has 0 saturated carbocycles. The van der Waals surface area contributed by atoms with E-state index in [4.69, 9.17) is 11.5 Å². The van der Waals surface area contributed by atoms with Crippen LogP contribution in [0.2, 0.25) is 0 Å². The third kappa shape index (κ3) is 4.51. The van der Waals surface area contributed by atoms with E-state index >= 15 is 0 Å². The van der Waals surface area contributed by atoms with Gasteiger partial charge < -0.3 is 16.8 Å². The fourth-order valence-corrected chi connectivity index (χ4v) is 2.88. The first kappa shape index (κ1) is 19.3. The Kier molecular flexibility index (Phi) is 5.83. The summed E-state index contributed by atoms with van der Waals surface area (Å²) < 4.78 is 13.9. The molecule has 7 nitrogen and oxygen atoms in total. The van der Waals surface area contributed by atoms with Gasteiger partial charge in [0.25, 0.3) is 5.91 Å². The van der Waals surface area contributed by atoms with Gasteiger partial charge >= 0.3 is 0 Å². The molecule has 0 aliphatic rings. The maximum absolute atomic E-state index is 13.9. The number of hydrogen-bond donors (Lipinski definition) is 3. The Morgan fingerprint density at radius 3 is 2.73 bits per heavy atom. The molecule has 2 aromatic heterocycles. The van der Waals surface area contributed by atoms with Crippen LogP contribution in [0.4, 0.5) is 4.39 Å². The van der Waals surface area contributed by atoms with Gasteiger partial charge in [-0.1, -0.05) is 12.7 Å². The van der Waals surface area contributed by atoms with E-state index in [1.807, 2.05) is 0 Å². The number of rotatable bonds is 6. The molecule has 2 rings (SSSR count). The molecular weight excluding hydrogens is 355 g/mol. The molecule has 0 aliphatic heterocycles. The van der Waals surface area contributed by atoms with Crippen LogP contribution in [-0.2, 0) is 5.54 Å². The number of hydrogen-bond acceptors (Lipinski definition) is 5. The quantitative estimate of drug-likeness (QED) is 0.406. The summed E-state index contributed by atoms with van der Waals surface area (Å²) in [7, 11) is 0. The molecule has 1 amide bonds. The third-order valence-electron chi connectivity index (χ3n) is 3.33. The number of nitrogens with one attached hydrogen (secondary N) is 1. The highest BCUT2D eigenvalue weighted by molar-refractivity contribution is 7.14. The number of nitrogens with two attached hydrogens (primary N) is 2. The average Bonchev–Trinajstić information content (AvgIpc) is 3.05. The van der Waals surface area contributed by atoms with E-state index in [0.29, 0.717) is 15.5 Å². The molecule has 26 heavy (non-hydrogen) atoms. The molecule has 0 fully saturated rings. The van der Waals surface area contributed by atoms with Crippen LogP contribution in [0.25, 0.3) is 5.57 Å². The number of guanidine groups is 1. The van der Waals surface area contributed by atoms with Gasteiger partial charge in [0.1, 0.15) is 26.9 Å². The number of halogens is 1. The highest BCUT2D eigenvalue weighted by atomic mass is 32.1. The summed E-state index contributed by atoms with van der Waals surface area (Å²) in [5.74, 6) is -0.949. The fourth-order valence-electron chi connectivity index (χ4n) is 2.10. The van der Waals surface area contributed by atoms with Gasteiger partial charge in [-0.3, -0.25) is 9.78 Å². The highest BCUT2D eigenvalue weighted by Gasteiger charge is 2.25. The van der Waals surface area contributed by atoms with Crippen LogP contribution in [0.1, 0.15) is 34.2 Å². The van der Waals surface area contributed by atoms with Gasteiger partial charge in [-0.15, -0.1) is 11.3 Å². The van der Waals surface area contributed by atoms with Gasteiger partial charge in [-0.2, -0.15) is 0 Å². The molecule has 2 heterocycles. The molecule has 0 spiro atoms. The molecule has 9 heteroatoms. The molecule has 0 atom stereocenters. The minimum atomic E-state index is -0.967. The van der Waals surface area contributed by atoms with Crippen LogP contribution in [0, 0.1) is 5.82 Å². The van der Waals surface area contributed by atoms with Crippen molar-refractivity contribution in [2.45, 2.75) is 19.4 Å². The number of carbonyl (C=O) groups is 1. The fraction of sp³-hybridized carbons (Fsp3) is 0.176. The van der Waals surface area contributed by atoms with Gasteiger partial charge in [0, 0.05) is 18.0 Å². The summed E-state index contributed by atoms with van der Waals surface area (Å²) in [6.45, 7) is 7.10. The minimum Gasteiger partial charge on any atom is -0.370 e. The molecule has 0 radical (unpaired) electrons. The van der Waals surface area contributed by atoms with Crippen LogP contribution in [0.3, 0.4) is 0 Å². The Morgan fingerprint density at radius 1 is 1.42 bits per heavy atom. The molecular formula is C17H19FN6OS. The first-order chi connectivity index (χ1) is 12.2. The van der Waals surface area contributed by atoms with Crippen LogP contribution in [0.5, 0.6) is 0 Å². The second-order valence-corrected chi connectivity index (χ2v) is 6.76. The smallest absolute Gasteiger partial charge is 0.260 e. The van der Waals surface area contributed by atoms with Crippen LogP contribution < -0.4 is 16.8 Å². The Labute approximate surface area is 154 Å². The number of allylic oxidation sites excluding steroid dienone is 2. The molecule has 0 aromatic carbocycles. The Hall–Kier alpha value is -3.07. The van der Waals surface area contributed by atoms with Crippen molar-refractivity contribution in [3.8, 4) is 0 Å². The van der Waals surface area contributed by atoms with Gasteiger partial charge in [-0.25, -0.2) is 14.4 Å². The zero-order chi connectivity index (χ0) is 19.3. The number of nitrogens with zero attached hydrogens (tertiary/aromatic N) is 3. The van der Waals surface area contributed by atoms with E-state index in [9.17, 15) is 9.18 Å². The summed E-state index contributed by atoms with van der Waals surface area (Å²) in [5.41, 5.74) is 10.9. The van der Waals surface area contributed by atoms with Gasteiger partial charge in [0.15, 0.2) is 5.96 Å². The lowest BCUT2D eigenvalue weighted by Crippen LogP contribution is -2.32. The highest BCUT2D eigenvalue weighted by Crippen LogP contribution is 2.25. The Bertz CT molecular complexity index is 887. The molecule has 136 valence electrons. The molecule has 0 aliphatic carbocycles. The predicted molar refractivity (Wildman–Crippen MR) is 101 cm³/mol. The number of pyridine rings is 1. The number of aromatic nitrogens is 2. The summed E-state index contributed by atoms with van der Waals surface area (Å²) in [6, 6.07) is 2.82. The molecule has 0 saturated heterocycles. The lowest BCUT2D eigenvalue weighted by molar-refractivity contribution is 0.100. The number of amides is 1. The van der Waals surface area contributed by atoms with E-state index in [1.165, 1.54) is 24.5 Å². The zero-order valence-electron chi connectivity index (χ0n) is 14.4. The van der Waals surface area contributed by atoms with Crippen molar-refractivity contribution in [1.29, 1.82) is 0 Å². The van der Waals surface area contributed by atoms with Crippen LogP contribution >= 0.6 is 11.3 Å². The second kappa shape index (κ2) is 7.87. The maximum Gasteiger partial charge on any atom is 0.260 e. The van der Waals surface area contributed by atoms with Gasteiger partial charge in [0.2, 0.25) is 0 Å². The van der Waals surface area contributed by atoms with Crippen LogP contribution in [-0.4, -0.2) is 21.8 Å². The third-order valence-corrected chi connectivity index (χ3v) is 4.39. The number of thiazole rings is 1. The van der Waals surface area contributed by atoms with E-state index in [2.05, 4.69) is 26.9 Å². The first-order valence-electron chi connectivity index (χ1n) is 7.56. The number of aliphatic imine (C=N–C) groups is 1. The van der Waals surface area contributed by atoms with Gasteiger partial charge in [-0.05, 0) is 26.0 Å². The van der Waals surface area contributed by atoms with Crippen molar-refractivity contribution >= 4 is 28.8 Å². The summed E-state index contributed by atoms with van der Waals surface area (Å²) in [6.07, 6.45) is 5.98. The summed E-state index contributed by atoms with van der Waals surface area (Å²) in [4.78, 5) is 23.9. The van der Waals surface area contributed by atoms with E-state index in [-0.39, 0.29) is 11.7 Å². The van der Waals surface area contributed by atoms with Gasteiger partial charge in [0.05, 0.1) is 6.20 Å². The lowest BCUT2D eigenvalue weighted by Gasteiger charge is -2.20. The van der Waals surface area contributed by atoms with E-state index < -0.39 is 17.3 Å². The summed E-state index contributed by atoms with van der Waals surface area (Å²) >= 11 is 1.13. The number of primary amides is 1. The van der Waals surface area contributed by atoms with Crippen molar-refractivity contribution in [3.63, 3.8) is 0 Å². The standard InChI is InChI=1S/C17H19FN6OS/c1-4-10(15-22-9-12(26-15)14(19)25)8-23-16(20)24-17(2,3)13-11(18)6-5-7-21-13/h4-9H,1H2,2-3H3,(H2,19,25)(H3,20,23,24)/b10-8+. The average molecular weight is 374 g/mol. The Morgan fingerprint density at radius 2 is 2.15 bits per heavy atom. The topological polar surface area (TPSA) is 119 Å². The van der Waals surface area contributed by atoms with Crippen molar-refractivity contribution in [2.75, 3.05) is 0 Å². The maximum atomic E-state index is 13.9. The molecule has 2 aromatic rings. The Balaban J connectivity index is 2.21. The molecule has 5 N–H and O–H groups in total. The predicted octanol–water partition coefficient (Wildman–Crippen LogP) is 2.14. The van der Waals surface area contributed by atoms with Crippen LogP contribution in [0.15, 0.2) is 48.4 Å². The van der Waals surface area contributed by atoms with Crippen molar-refractivity contribution in [3.05, 3.63) is 64.8 Å². The monoisotopic (exact) mass is 374 g/mol. The SMILES string of the molecule is C=C/C(=C\NC(N)=NC(C)(C)c1ncccc1F)c1ncc(C(N)=O)s1.